The predicted molar refractivity (Wildman–Crippen MR) is 96.6 cm³/mol. The molecule has 0 aliphatic heterocycles. The summed E-state index contributed by atoms with van der Waals surface area (Å²) in [4.78, 5) is 16.4. The van der Waals surface area contributed by atoms with Crippen LogP contribution in [0, 0.1) is 0 Å². The first-order valence-electron chi connectivity index (χ1n) is 7.66. The van der Waals surface area contributed by atoms with Gasteiger partial charge in [-0.15, -0.1) is 0 Å². The number of aromatic nitrogens is 1. The van der Waals surface area contributed by atoms with Crippen LogP contribution in [0.15, 0.2) is 24.4 Å². The molecular formula is C16H19ClN2O5S. The highest BCUT2D eigenvalue weighted by atomic mass is 35.5. The lowest BCUT2D eigenvalue weighted by Gasteiger charge is -2.14. The second-order valence-corrected chi connectivity index (χ2v) is 7.26. The topological polar surface area (TPSA) is 94.6 Å². The Morgan fingerprint density at radius 2 is 2.12 bits per heavy atom. The number of esters is 1. The summed E-state index contributed by atoms with van der Waals surface area (Å²) in [5.74, 6) is -0.494. The van der Waals surface area contributed by atoms with Gasteiger partial charge in [-0.1, -0.05) is 23.7 Å². The first-order chi connectivity index (χ1) is 11.8. The molecule has 1 aromatic heterocycles. The third-order valence-corrected chi connectivity index (χ3v) is 4.16. The lowest BCUT2D eigenvalue weighted by Crippen LogP contribution is -2.14. The number of carbonyl (C=O) groups excluding carboxylic acids is 1. The SMILES string of the molecule is CCOC(=O)c1cnc2c(Cl)cccc2c1NCCCOS(C)(=O)=O. The van der Waals surface area contributed by atoms with E-state index in [-0.39, 0.29) is 13.2 Å². The first-order valence-corrected chi connectivity index (χ1v) is 9.85. The molecule has 2 aromatic rings. The summed E-state index contributed by atoms with van der Waals surface area (Å²) in [7, 11) is -3.47. The smallest absolute Gasteiger partial charge is 0.341 e. The van der Waals surface area contributed by atoms with Crippen LogP contribution < -0.4 is 5.32 Å². The number of para-hydroxylation sites is 1. The van der Waals surface area contributed by atoms with Crippen LogP contribution in [-0.4, -0.2) is 45.4 Å². The monoisotopic (exact) mass is 386 g/mol. The number of nitrogens with zero attached hydrogens (tertiary/aromatic N) is 1. The van der Waals surface area contributed by atoms with E-state index in [1.165, 1.54) is 6.20 Å². The largest absolute Gasteiger partial charge is 0.462 e. The van der Waals surface area contributed by atoms with Crippen LogP contribution in [0.1, 0.15) is 23.7 Å². The molecule has 1 N–H and O–H groups in total. The van der Waals surface area contributed by atoms with E-state index in [4.69, 9.17) is 20.5 Å². The predicted octanol–water partition coefficient (Wildman–Crippen LogP) is 2.84. The molecule has 0 spiro atoms. The standard InChI is InChI=1S/C16H19ClN2O5S/c1-3-23-16(20)12-10-19-15-11(6-4-7-13(15)17)14(12)18-8-5-9-24-25(2,21)22/h4,6-7,10H,3,5,8-9H2,1-2H3,(H,18,19). The van der Waals surface area contributed by atoms with Gasteiger partial charge in [0, 0.05) is 18.1 Å². The Bertz CT molecular complexity index is 870. The maximum Gasteiger partial charge on any atom is 0.341 e. The Hall–Kier alpha value is -1.90. The van der Waals surface area contributed by atoms with E-state index in [9.17, 15) is 13.2 Å². The number of halogens is 1. The van der Waals surface area contributed by atoms with Gasteiger partial charge in [-0.25, -0.2) is 4.79 Å². The normalized spacial score (nSPS) is 11.5. The van der Waals surface area contributed by atoms with E-state index in [1.54, 1.807) is 25.1 Å². The Balaban J connectivity index is 2.26. The second kappa shape index (κ2) is 8.46. The van der Waals surface area contributed by atoms with E-state index in [0.29, 0.717) is 40.1 Å². The van der Waals surface area contributed by atoms with Gasteiger partial charge in [0.2, 0.25) is 0 Å². The van der Waals surface area contributed by atoms with Gasteiger partial charge in [0.05, 0.1) is 35.7 Å². The summed E-state index contributed by atoms with van der Waals surface area (Å²) in [6.45, 7) is 2.41. The average molecular weight is 387 g/mol. The second-order valence-electron chi connectivity index (χ2n) is 5.21. The number of pyridine rings is 1. The maximum atomic E-state index is 12.2. The van der Waals surface area contributed by atoms with Crippen LogP contribution >= 0.6 is 11.6 Å². The third-order valence-electron chi connectivity index (χ3n) is 3.26. The molecule has 0 saturated heterocycles. The Morgan fingerprint density at radius 1 is 1.36 bits per heavy atom. The molecule has 0 aliphatic rings. The number of hydrogen-bond acceptors (Lipinski definition) is 7. The van der Waals surface area contributed by atoms with Gasteiger partial charge in [0.15, 0.2) is 0 Å². The van der Waals surface area contributed by atoms with Gasteiger partial charge >= 0.3 is 5.97 Å². The molecule has 0 radical (unpaired) electrons. The van der Waals surface area contributed by atoms with Crippen molar-refractivity contribution in [2.24, 2.45) is 0 Å². The summed E-state index contributed by atoms with van der Waals surface area (Å²) in [6.07, 6.45) is 2.85. The third kappa shape index (κ3) is 5.29. The van der Waals surface area contributed by atoms with Crippen molar-refractivity contribution in [1.82, 2.24) is 4.98 Å². The fourth-order valence-corrected chi connectivity index (χ4v) is 2.88. The zero-order chi connectivity index (χ0) is 18.4. The molecule has 0 saturated carbocycles. The first kappa shape index (κ1) is 19.4. The lowest BCUT2D eigenvalue weighted by atomic mass is 10.1. The van der Waals surface area contributed by atoms with Gasteiger partial charge in [0.1, 0.15) is 5.56 Å². The molecule has 1 heterocycles. The molecule has 2 rings (SSSR count). The highest BCUT2D eigenvalue weighted by Gasteiger charge is 2.17. The molecule has 25 heavy (non-hydrogen) atoms. The molecule has 0 amide bonds. The van der Waals surface area contributed by atoms with Crippen molar-refractivity contribution in [3.63, 3.8) is 0 Å². The van der Waals surface area contributed by atoms with E-state index in [0.717, 1.165) is 6.26 Å². The highest BCUT2D eigenvalue weighted by Crippen LogP contribution is 2.30. The molecule has 0 bridgehead atoms. The number of anilines is 1. The lowest BCUT2D eigenvalue weighted by molar-refractivity contribution is 0.0527. The number of ether oxygens (including phenoxy) is 1. The molecule has 1 aromatic carbocycles. The number of nitrogens with one attached hydrogen (secondary N) is 1. The molecule has 9 heteroatoms. The van der Waals surface area contributed by atoms with Crippen molar-refractivity contribution in [2.75, 3.05) is 31.3 Å². The number of carbonyl (C=O) groups is 1. The van der Waals surface area contributed by atoms with Gasteiger partial charge in [-0.2, -0.15) is 8.42 Å². The maximum absolute atomic E-state index is 12.2. The quantitative estimate of drug-likeness (QED) is 0.423. The summed E-state index contributed by atoms with van der Waals surface area (Å²) in [5, 5.41) is 4.29. The average Bonchev–Trinajstić information content (AvgIpc) is 2.54. The molecule has 0 fully saturated rings. The molecule has 0 aliphatic carbocycles. The van der Waals surface area contributed by atoms with Crippen molar-refractivity contribution in [2.45, 2.75) is 13.3 Å². The zero-order valence-electron chi connectivity index (χ0n) is 13.9. The zero-order valence-corrected chi connectivity index (χ0v) is 15.5. The Labute approximate surface area is 151 Å². The fourth-order valence-electron chi connectivity index (χ4n) is 2.24. The minimum absolute atomic E-state index is 0.0460. The van der Waals surface area contributed by atoms with E-state index < -0.39 is 16.1 Å². The highest BCUT2D eigenvalue weighted by molar-refractivity contribution is 7.85. The van der Waals surface area contributed by atoms with Crippen molar-refractivity contribution in [3.05, 3.63) is 35.0 Å². The van der Waals surface area contributed by atoms with Crippen LogP contribution in [-0.2, 0) is 19.0 Å². The van der Waals surface area contributed by atoms with E-state index in [1.807, 2.05) is 0 Å². The number of fused-ring (bicyclic) bond motifs is 1. The molecule has 136 valence electrons. The van der Waals surface area contributed by atoms with Crippen molar-refractivity contribution < 1.29 is 22.1 Å². The minimum atomic E-state index is -3.47. The van der Waals surface area contributed by atoms with Gasteiger partial charge < -0.3 is 10.1 Å². The van der Waals surface area contributed by atoms with Crippen LogP contribution in [0.2, 0.25) is 5.02 Å². The minimum Gasteiger partial charge on any atom is -0.462 e. The fraction of sp³-hybridized carbons (Fsp3) is 0.375. The van der Waals surface area contributed by atoms with Gasteiger partial charge in [-0.05, 0) is 19.4 Å². The number of hydrogen-bond donors (Lipinski definition) is 1. The molecule has 7 nitrogen and oxygen atoms in total. The van der Waals surface area contributed by atoms with E-state index >= 15 is 0 Å². The molecular weight excluding hydrogens is 368 g/mol. The molecule has 0 unspecified atom stereocenters. The molecule has 0 atom stereocenters. The Kier molecular flexibility index (Phi) is 6.57. The number of benzene rings is 1. The van der Waals surface area contributed by atoms with Gasteiger partial charge in [-0.3, -0.25) is 9.17 Å². The summed E-state index contributed by atoms with van der Waals surface area (Å²) < 4.78 is 31.7. The van der Waals surface area contributed by atoms with E-state index in [2.05, 4.69) is 10.3 Å². The van der Waals surface area contributed by atoms with Gasteiger partial charge in [0.25, 0.3) is 10.1 Å². The van der Waals surface area contributed by atoms with Crippen molar-refractivity contribution in [3.8, 4) is 0 Å². The van der Waals surface area contributed by atoms with Crippen LogP contribution in [0.4, 0.5) is 5.69 Å². The summed E-state index contributed by atoms with van der Waals surface area (Å²) in [5.41, 5.74) is 1.40. The van der Waals surface area contributed by atoms with Crippen molar-refractivity contribution >= 4 is 44.3 Å². The van der Waals surface area contributed by atoms with Crippen LogP contribution in [0.25, 0.3) is 10.9 Å². The Morgan fingerprint density at radius 3 is 2.80 bits per heavy atom. The van der Waals surface area contributed by atoms with Crippen LogP contribution in [0.5, 0.6) is 0 Å². The number of rotatable bonds is 8. The van der Waals surface area contributed by atoms with Crippen molar-refractivity contribution in [1.29, 1.82) is 0 Å². The van der Waals surface area contributed by atoms with Crippen LogP contribution in [0.3, 0.4) is 0 Å². The summed E-state index contributed by atoms with van der Waals surface area (Å²) in [6, 6.07) is 5.27. The summed E-state index contributed by atoms with van der Waals surface area (Å²) >= 11 is 6.16.